The average molecular weight is 212 g/mol. The highest BCUT2D eigenvalue weighted by molar-refractivity contribution is 5.80. The van der Waals surface area contributed by atoms with E-state index in [1.807, 2.05) is 0 Å². The van der Waals surface area contributed by atoms with Crippen LogP contribution in [-0.4, -0.2) is 17.5 Å². The van der Waals surface area contributed by atoms with Crippen LogP contribution in [0.3, 0.4) is 0 Å². The van der Waals surface area contributed by atoms with E-state index >= 15 is 0 Å². The summed E-state index contributed by atoms with van der Waals surface area (Å²) >= 11 is 0. The normalized spacial score (nSPS) is 21.3. The Hall–Kier alpha value is -0.570. The molecule has 1 saturated carbocycles. The Morgan fingerprint density at radius 3 is 2.20 bits per heavy atom. The van der Waals surface area contributed by atoms with Crippen LogP contribution < -0.4 is 11.1 Å². The Morgan fingerprint density at radius 1 is 1.27 bits per heavy atom. The molecule has 0 radical (unpaired) electrons. The molecule has 1 atom stereocenters. The first kappa shape index (κ1) is 12.5. The molecular formula is C12H24N2O. The van der Waals surface area contributed by atoms with Gasteiger partial charge in [-0.1, -0.05) is 19.3 Å². The number of nitrogens with two attached hydrogens (primary N) is 1. The van der Waals surface area contributed by atoms with Gasteiger partial charge in [0.05, 0.1) is 6.04 Å². The molecule has 0 heterocycles. The van der Waals surface area contributed by atoms with Gasteiger partial charge in [-0.25, -0.2) is 0 Å². The van der Waals surface area contributed by atoms with Crippen molar-refractivity contribution >= 4 is 5.91 Å². The fraction of sp³-hybridized carbons (Fsp3) is 0.917. The maximum atomic E-state index is 11.4. The molecule has 1 aliphatic rings. The first-order valence-electron chi connectivity index (χ1n) is 5.97. The fourth-order valence-electron chi connectivity index (χ4n) is 2.36. The summed E-state index contributed by atoms with van der Waals surface area (Å²) in [7, 11) is 0. The molecule has 0 saturated heterocycles. The highest BCUT2D eigenvalue weighted by Gasteiger charge is 2.30. The van der Waals surface area contributed by atoms with Gasteiger partial charge in [0.15, 0.2) is 0 Å². The van der Waals surface area contributed by atoms with Crippen LogP contribution in [0.1, 0.15) is 52.9 Å². The minimum Gasteiger partial charge on any atom is -0.368 e. The SMILES string of the molecule is CC(C)(C)NC(C(N)=O)C1CCCCC1. The number of hydrogen-bond acceptors (Lipinski definition) is 2. The molecule has 3 heteroatoms. The quantitative estimate of drug-likeness (QED) is 0.749. The summed E-state index contributed by atoms with van der Waals surface area (Å²) in [6.07, 6.45) is 6.05. The van der Waals surface area contributed by atoms with E-state index in [-0.39, 0.29) is 17.5 Å². The number of primary amides is 1. The van der Waals surface area contributed by atoms with Crippen molar-refractivity contribution in [2.75, 3.05) is 0 Å². The Labute approximate surface area is 92.8 Å². The zero-order valence-corrected chi connectivity index (χ0v) is 10.2. The molecule has 88 valence electrons. The number of nitrogens with one attached hydrogen (secondary N) is 1. The molecule has 0 spiro atoms. The topological polar surface area (TPSA) is 55.1 Å². The first-order valence-corrected chi connectivity index (χ1v) is 5.97. The van der Waals surface area contributed by atoms with Crippen LogP contribution in [0, 0.1) is 5.92 Å². The number of carbonyl (C=O) groups excluding carboxylic acids is 1. The highest BCUT2D eigenvalue weighted by Crippen LogP contribution is 2.27. The lowest BCUT2D eigenvalue weighted by molar-refractivity contribution is -0.122. The van der Waals surface area contributed by atoms with E-state index in [0.29, 0.717) is 5.92 Å². The van der Waals surface area contributed by atoms with Crippen LogP contribution in [0.5, 0.6) is 0 Å². The second kappa shape index (κ2) is 4.97. The van der Waals surface area contributed by atoms with E-state index < -0.39 is 0 Å². The number of amides is 1. The highest BCUT2D eigenvalue weighted by atomic mass is 16.1. The second-order valence-electron chi connectivity index (χ2n) is 5.67. The summed E-state index contributed by atoms with van der Waals surface area (Å²) in [5.41, 5.74) is 5.43. The molecule has 1 fully saturated rings. The third kappa shape index (κ3) is 4.20. The van der Waals surface area contributed by atoms with Gasteiger partial charge in [-0.15, -0.1) is 0 Å². The van der Waals surface area contributed by atoms with Crippen molar-refractivity contribution in [2.45, 2.75) is 64.5 Å². The van der Waals surface area contributed by atoms with Crippen molar-refractivity contribution < 1.29 is 4.79 Å². The lowest BCUT2D eigenvalue weighted by Crippen LogP contribution is -2.54. The van der Waals surface area contributed by atoms with E-state index in [9.17, 15) is 4.79 Å². The van der Waals surface area contributed by atoms with Crippen molar-refractivity contribution in [3.63, 3.8) is 0 Å². The van der Waals surface area contributed by atoms with E-state index in [1.165, 1.54) is 19.3 Å². The van der Waals surface area contributed by atoms with Gasteiger partial charge in [0.25, 0.3) is 0 Å². The van der Waals surface area contributed by atoms with E-state index in [0.717, 1.165) is 12.8 Å². The predicted molar refractivity (Wildman–Crippen MR) is 62.4 cm³/mol. The van der Waals surface area contributed by atoms with Crippen LogP contribution in [0.4, 0.5) is 0 Å². The summed E-state index contributed by atoms with van der Waals surface area (Å²) in [4.78, 5) is 11.4. The number of rotatable bonds is 3. The molecule has 3 N–H and O–H groups in total. The zero-order valence-electron chi connectivity index (χ0n) is 10.2. The molecule has 15 heavy (non-hydrogen) atoms. The monoisotopic (exact) mass is 212 g/mol. The number of carbonyl (C=O) groups is 1. The van der Waals surface area contributed by atoms with Gasteiger partial charge in [0.2, 0.25) is 5.91 Å². The summed E-state index contributed by atoms with van der Waals surface area (Å²) in [6.45, 7) is 6.23. The van der Waals surface area contributed by atoms with Gasteiger partial charge in [-0.3, -0.25) is 4.79 Å². The van der Waals surface area contributed by atoms with Gasteiger partial charge < -0.3 is 11.1 Å². The van der Waals surface area contributed by atoms with Crippen LogP contribution >= 0.6 is 0 Å². The van der Waals surface area contributed by atoms with Crippen LogP contribution in [0.25, 0.3) is 0 Å². The summed E-state index contributed by atoms with van der Waals surface area (Å²) < 4.78 is 0. The zero-order chi connectivity index (χ0) is 11.5. The van der Waals surface area contributed by atoms with Gasteiger partial charge in [0, 0.05) is 5.54 Å². The molecule has 3 nitrogen and oxygen atoms in total. The second-order valence-corrected chi connectivity index (χ2v) is 5.67. The van der Waals surface area contributed by atoms with Crippen molar-refractivity contribution in [1.29, 1.82) is 0 Å². The molecular weight excluding hydrogens is 188 g/mol. The lowest BCUT2D eigenvalue weighted by Gasteiger charge is -2.34. The molecule has 0 bridgehead atoms. The van der Waals surface area contributed by atoms with Gasteiger partial charge in [0.1, 0.15) is 0 Å². The van der Waals surface area contributed by atoms with Gasteiger partial charge in [-0.05, 0) is 39.5 Å². The fourth-order valence-corrected chi connectivity index (χ4v) is 2.36. The molecule has 0 aromatic carbocycles. The van der Waals surface area contributed by atoms with E-state index in [1.54, 1.807) is 0 Å². The summed E-state index contributed by atoms with van der Waals surface area (Å²) in [5, 5.41) is 3.35. The smallest absolute Gasteiger partial charge is 0.234 e. The standard InChI is InChI=1S/C12H24N2O/c1-12(2,3)14-10(11(13)15)9-7-5-4-6-8-9/h9-10,14H,4-8H2,1-3H3,(H2,13,15). The van der Waals surface area contributed by atoms with Crippen molar-refractivity contribution in [3.05, 3.63) is 0 Å². The average Bonchev–Trinajstić information content (AvgIpc) is 2.14. The van der Waals surface area contributed by atoms with Crippen LogP contribution in [-0.2, 0) is 4.79 Å². The van der Waals surface area contributed by atoms with Crippen LogP contribution in [0.15, 0.2) is 0 Å². The van der Waals surface area contributed by atoms with E-state index in [2.05, 4.69) is 26.1 Å². The largest absolute Gasteiger partial charge is 0.368 e. The predicted octanol–water partition coefficient (Wildman–Crippen LogP) is 1.81. The molecule has 1 amide bonds. The van der Waals surface area contributed by atoms with Crippen molar-refractivity contribution in [3.8, 4) is 0 Å². The third-order valence-corrected chi connectivity index (χ3v) is 3.02. The Balaban J connectivity index is 2.60. The Bertz CT molecular complexity index is 214. The maximum absolute atomic E-state index is 11.4. The third-order valence-electron chi connectivity index (χ3n) is 3.02. The minimum absolute atomic E-state index is 0.0445. The molecule has 0 aromatic rings. The summed E-state index contributed by atoms with van der Waals surface area (Å²) in [6, 6.07) is -0.148. The molecule has 1 unspecified atom stereocenters. The lowest BCUT2D eigenvalue weighted by atomic mass is 9.82. The Kier molecular flexibility index (Phi) is 4.14. The minimum atomic E-state index is -0.197. The van der Waals surface area contributed by atoms with Crippen LogP contribution in [0.2, 0.25) is 0 Å². The molecule has 0 aromatic heterocycles. The van der Waals surface area contributed by atoms with Gasteiger partial charge in [-0.2, -0.15) is 0 Å². The first-order chi connectivity index (χ1) is 6.90. The van der Waals surface area contributed by atoms with Gasteiger partial charge >= 0.3 is 0 Å². The molecule has 1 aliphatic carbocycles. The maximum Gasteiger partial charge on any atom is 0.234 e. The van der Waals surface area contributed by atoms with Crippen molar-refractivity contribution in [2.24, 2.45) is 11.7 Å². The summed E-state index contributed by atoms with van der Waals surface area (Å²) in [5.74, 6) is 0.243. The molecule has 0 aliphatic heterocycles. The number of hydrogen-bond donors (Lipinski definition) is 2. The van der Waals surface area contributed by atoms with Crippen molar-refractivity contribution in [1.82, 2.24) is 5.32 Å². The van der Waals surface area contributed by atoms with E-state index in [4.69, 9.17) is 5.73 Å². The Morgan fingerprint density at radius 2 is 1.80 bits per heavy atom. The molecule has 1 rings (SSSR count).